The minimum atomic E-state index is -5.53. The van der Waals surface area contributed by atoms with E-state index in [2.05, 4.69) is 10.3 Å². The lowest BCUT2D eigenvalue weighted by atomic mass is 9.89. The normalized spacial score (nSPS) is 17.9. The molecule has 43 heavy (non-hydrogen) atoms. The molecule has 1 spiro atoms. The van der Waals surface area contributed by atoms with E-state index in [9.17, 15) is 40.0 Å². The standard InChI is InChI=1S/C28H38F5N5O4S/c1-19-17-21(37(3)25(34)40)18-20(2)22(19)10-16-43(41,42)38-14-12-26(13-15-38)24(39)35-23(36-26)9-7-5-4-6-8-11-27(29,30)28(31,32)33/h10,16-18H,4-9,11-15H2,1-3H3,(H2,34,40)(H,35,36,39)/b16-10+. The number of carbonyl (C=O) groups is 2. The number of rotatable bonds is 12. The van der Waals surface area contributed by atoms with Crippen LogP contribution in [0.15, 0.2) is 22.5 Å². The number of aryl methyl sites for hydroxylation is 2. The van der Waals surface area contributed by atoms with Crippen molar-refractivity contribution in [2.24, 2.45) is 10.7 Å². The molecule has 3 rings (SSSR count). The van der Waals surface area contributed by atoms with Crippen LogP contribution in [0.2, 0.25) is 0 Å². The van der Waals surface area contributed by atoms with E-state index in [1.165, 1.54) is 15.3 Å². The Morgan fingerprint density at radius 3 is 2.19 bits per heavy atom. The third-order valence-corrected chi connectivity index (χ3v) is 9.53. The molecule has 0 atom stereocenters. The lowest BCUT2D eigenvalue weighted by Gasteiger charge is -2.34. The topological polar surface area (TPSA) is 125 Å². The smallest absolute Gasteiger partial charge is 0.351 e. The van der Waals surface area contributed by atoms with Gasteiger partial charge in [-0.15, -0.1) is 0 Å². The van der Waals surface area contributed by atoms with Gasteiger partial charge in [0.05, 0.1) is 0 Å². The Hall–Kier alpha value is -3.07. The van der Waals surface area contributed by atoms with Crippen LogP contribution in [-0.4, -0.2) is 68.3 Å². The van der Waals surface area contributed by atoms with Crippen molar-refractivity contribution in [2.45, 2.75) is 89.3 Å². The Labute approximate surface area is 248 Å². The molecule has 240 valence electrons. The number of nitrogens with two attached hydrogens (primary N) is 1. The number of piperidine rings is 1. The summed E-state index contributed by atoms with van der Waals surface area (Å²) in [7, 11) is -2.25. The van der Waals surface area contributed by atoms with Crippen molar-refractivity contribution < 1.29 is 40.0 Å². The van der Waals surface area contributed by atoms with Crippen LogP contribution in [0, 0.1) is 13.8 Å². The van der Waals surface area contributed by atoms with Crippen molar-refractivity contribution in [1.29, 1.82) is 0 Å². The molecule has 0 aromatic heterocycles. The lowest BCUT2D eigenvalue weighted by Crippen LogP contribution is -2.50. The van der Waals surface area contributed by atoms with Crippen LogP contribution in [0.5, 0.6) is 0 Å². The summed E-state index contributed by atoms with van der Waals surface area (Å²) in [4.78, 5) is 30.1. The number of unbranched alkanes of at least 4 members (excludes halogenated alkanes) is 4. The summed E-state index contributed by atoms with van der Waals surface area (Å²) in [6.45, 7) is 3.80. The van der Waals surface area contributed by atoms with Crippen LogP contribution >= 0.6 is 0 Å². The lowest BCUT2D eigenvalue weighted by molar-refractivity contribution is -0.284. The molecule has 2 aliphatic heterocycles. The summed E-state index contributed by atoms with van der Waals surface area (Å²) in [5.74, 6) is -4.50. The minimum absolute atomic E-state index is 0.0970. The predicted octanol–water partition coefficient (Wildman–Crippen LogP) is 5.41. The summed E-state index contributed by atoms with van der Waals surface area (Å²) in [6.07, 6.45) is -2.77. The number of alkyl halides is 5. The van der Waals surface area contributed by atoms with Crippen LogP contribution < -0.4 is 16.0 Å². The van der Waals surface area contributed by atoms with Crippen LogP contribution in [0.4, 0.5) is 32.4 Å². The molecular weight excluding hydrogens is 597 g/mol. The average molecular weight is 636 g/mol. The van der Waals surface area contributed by atoms with Crippen molar-refractivity contribution in [3.63, 3.8) is 0 Å². The summed E-state index contributed by atoms with van der Waals surface area (Å²) in [5, 5.41) is 3.89. The maximum Gasteiger partial charge on any atom is 0.453 e. The number of nitrogens with one attached hydrogen (secondary N) is 1. The van der Waals surface area contributed by atoms with Crippen LogP contribution in [0.25, 0.3) is 6.08 Å². The molecule has 15 heteroatoms. The molecule has 2 aliphatic rings. The molecule has 9 nitrogen and oxygen atoms in total. The highest BCUT2D eigenvalue weighted by molar-refractivity contribution is 7.92. The fourth-order valence-electron chi connectivity index (χ4n) is 5.24. The predicted molar refractivity (Wildman–Crippen MR) is 154 cm³/mol. The van der Waals surface area contributed by atoms with E-state index in [-0.39, 0.29) is 44.7 Å². The fraction of sp³-hybridized carbons (Fsp3) is 0.607. The third-order valence-electron chi connectivity index (χ3n) is 7.96. The number of primary amides is 1. The number of halogens is 5. The molecule has 1 saturated heterocycles. The molecule has 1 aromatic rings. The van der Waals surface area contributed by atoms with E-state index >= 15 is 0 Å². The summed E-state index contributed by atoms with van der Waals surface area (Å²) in [6, 6.07) is 2.86. The zero-order valence-corrected chi connectivity index (χ0v) is 25.3. The molecule has 1 fully saturated rings. The maximum absolute atomic E-state index is 13.1. The molecule has 3 N–H and O–H groups in total. The third kappa shape index (κ3) is 8.31. The van der Waals surface area contributed by atoms with Crippen molar-refractivity contribution >= 4 is 39.6 Å². The number of hydrogen-bond acceptors (Lipinski definition) is 5. The van der Waals surface area contributed by atoms with Crippen molar-refractivity contribution in [1.82, 2.24) is 9.62 Å². The molecule has 0 unspecified atom stereocenters. The molecule has 0 saturated carbocycles. The first-order valence-corrected chi connectivity index (χ1v) is 15.6. The summed E-state index contributed by atoms with van der Waals surface area (Å²) >= 11 is 0. The molecule has 0 radical (unpaired) electrons. The molecule has 0 aliphatic carbocycles. The number of urea groups is 1. The van der Waals surface area contributed by atoms with Crippen LogP contribution in [0.1, 0.15) is 74.5 Å². The van der Waals surface area contributed by atoms with Gasteiger partial charge in [-0.05, 0) is 74.4 Å². The van der Waals surface area contributed by atoms with E-state index in [0.29, 0.717) is 42.8 Å². The Kier molecular flexibility index (Phi) is 10.6. The van der Waals surface area contributed by atoms with E-state index in [1.807, 2.05) is 0 Å². The van der Waals surface area contributed by atoms with Gasteiger partial charge in [0, 0.05) is 44.1 Å². The number of benzene rings is 1. The number of carbonyl (C=O) groups excluding carboxylic acids is 2. The Bertz CT molecular complexity index is 1350. The van der Waals surface area contributed by atoms with Gasteiger partial charge in [0.2, 0.25) is 10.0 Å². The maximum atomic E-state index is 13.1. The number of amidine groups is 1. The van der Waals surface area contributed by atoms with Crippen LogP contribution in [0.3, 0.4) is 0 Å². The number of amides is 3. The van der Waals surface area contributed by atoms with E-state index in [1.54, 1.807) is 33.0 Å². The fourth-order valence-corrected chi connectivity index (χ4v) is 6.41. The van der Waals surface area contributed by atoms with Gasteiger partial charge in [-0.25, -0.2) is 13.2 Å². The number of nitrogens with zero attached hydrogens (tertiary/aromatic N) is 3. The average Bonchev–Trinajstić information content (AvgIpc) is 3.20. The first-order valence-electron chi connectivity index (χ1n) is 14.1. The van der Waals surface area contributed by atoms with Gasteiger partial charge in [0.15, 0.2) is 0 Å². The van der Waals surface area contributed by atoms with Gasteiger partial charge in [-0.3, -0.25) is 14.7 Å². The Morgan fingerprint density at radius 2 is 1.63 bits per heavy atom. The van der Waals surface area contributed by atoms with Gasteiger partial charge in [-0.2, -0.15) is 26.3 Å². The Morgan fingerprint density at radius 1 is 1.07 bits per heavy atom. The minimum Gasteiger partial charge on any atom is -0.351 e. The van der Waals surface area contributed by atoms with Gasteiger partial charge in [-0.1, -0.05) is 19.3 Å². The zero-order valence-electron chi connectivity index (χ0n) is 24.4. The number of anilines is 1. The molecular formula is C28H38F5N5O4S. The van der Waals surface area contributed by atoms with Gasteiger partial charge < -0.3 is 11.1 Å². The number of hydrogen-bond donors (Lipinski definition) is 2. The SMILES string of the molecule is Cc1cc(N(C)C(N)=O)cc(C)c1/C=C/S(=O)(=O)N1CCC2(CC1)N=C(CCCCCCCC(F)(F)C(F)(F)F)NC2=O. The summed E-state index contributed by atoms with van der Waals surface area (Å²) in [5.41, 5.74) is 7.10. The molecule has 2 heterocycles. The molecule has 1 aromatic carbocycles. The number of aliphatic imine (C=N–C) groups is 1. The van der Waals surface area contributed by atoms with E-state index in [0.717, 1.165) is 16.5 Å². The zero-order chi connectivity index (χ0) is 32.2. The highest BCUT2D eigenvalue weighted by Crippen LogP contribution is 2.39. The van der Waals surface area contributed by atoms with Gasteiger partial charge >= 0.3 is 18.1 Å². The van der Waals surface area contributed by atoms with Gasteiger partial charge in [0.25, 0.3) is 5.91 Å². The van der Waals surface area contributed by atoms with Crippen molar-refractivity contribution in [3.8, 4) is 0 Å². The number of sulfonamides is 1. The summed E-state index contributed by atoms with van der Waals surface area (Å²) < 4.78 is 90.1. The second-order valence-corrected chi connectivity index (χ2v) is 13.0. The monoisotopic (exact) mass is 635 g/mol. The first-order chi connectivity index (χ1) is 19.9. The van der Waals surface area contributed by atoms with Gasteiger partial charge in [0.1, 0.15) is 11.4 Å². The highest BCUT2D eigenvalue weighted by Gasteiger charge is 2.56. The van der Waals surface area contributed by atoms with Crippen molar-refractivity contribution in [2.75, 3.05) is 25.0 Å². The second kappa shape index (κ2) is 13.3. The van der Waals surface area contributed by atoms with E-state index < -0.39 is 40.1 Å². The van der Waals surface area contributed by atoms with Crippen molar-refractivity contribution in [3.05, 3.63) is 34.2 Å². The quantitative estimate of drug-likeness (QED) is 0.235. The highest BCUT2D eigenvalue weighted by atomic mass is 32.2. The van der Waals surface area contributed by atoms with Crippen LogP contribution in [-0.2, 0) is 14.8 Å². The van der Waals surface area contributed by atoms with E-state index in [4.69, 9.17) is 5.73 Å². The molecule has 0 bridgehead atoms. The molecule has 3 amide bonds. The first kappa shape index (κ1) is 34.4. The largest absolute Gasteiger partial charge is 0.453 e. The Balaban J connectivity index is 1.51. The second-order valence-electron chi connectivity index (χ2n) is 11.2.